The maximum Gasteiger partial charge on any atom is 0.325 e. The molecule has 5 N–H and O–H groups in total. The number of carbonyl (C=O) groups excluding carboxylic acids is 2. The first-order valence-electron chi connectivity index (χ1n) is 3.93. The van der Waals surface area contributed by atoms with Gasteiger partial charge < -0.3 is 21.5 Å². The zero-order chi connectivity index (χ0) is 11.3. The van der Waals surface area contributed by atoms with Gasteiger partial charge in [0.25, 0.3) is 0 Å². The van der Waals surface area contributed by atoms with Gasteiger partial charge in [-0.3, -0.25) is 9.59 Å². The van der Waals surface area contributed by atoms with Crippen LogP contribution in [0.3, 0.4) is 0 Å². The number of nitrogens with two attached hydrogens (primary N) is 1. The third-order valence-electron chi connectivity index (χ3n) is 1.48. The second-order valence-electron chi connectivity index (χ2n) is 2.80. The van der Waals surface area contributed by atoms with E-state index in [1.54, 1.807) is 0 Å². The summed E-state index contributed by atoms with van der Waals surface area (Å²) in [6.45, 7) is 2.71. The predicted molar refractivity (Wildman–Crippen MR) is 47.4 cm³/mol. The van der Waals surface area contributed by atoms with Crippen molar-refractivity contribution in [1.82, 2.24) is 10.6 Å². The molecule has 7 heteroatoms. The topological polar surface area (TPSA) is 122 Å². The van der Waals surface area contributed by atoms with Gasteiger partial charge in [0.05, 0.1) is 0 Å². The van der Waals surface area contributed by atoms with Crippen molar-refractivity contribution < 1.29 is 19.5 Å². The molecule has 0 rings (SSSR count). The number of hydrogen-bond acceptors (Lipinski definition) is 3. The Labute approximate surface area is 80.6 Å². The monoisotopic (exact) mass is 203 g/mol. The van der Waals surface area contributed by atoms with Crippen LogP contribution in [0.5, 0.6) is 0 Å². The molecule has 0 radical (unpaired) electrons. The third-order valence-corrected chi connectivity index (χ3v) is 1.48. The van der Waals surface area contributed by atoms with Crippen molar-refractivity contribution >= 4 is 17.9 Å². The Bertz CT molecular complexity index is 253. The normalized spacial score (nSPS) is 13.9. The minimum atomic E-state index is -1.15. The number of amides is 3. The molecule has 2 atom stereocenters. The quantitative estimate of drug-likeness (QED) is 0.450. The van der Waals surface area contributed by atoms with E-state index in [0.29, 0.717) is 0 Å². The molecule has 7 nitrogen and oxygen atoms in total. The fourth-order valence-electron chi connectivity index (χ4n) is 0.679. The summed E-state index contributed by atoms with van der Waals surface area (Å²) in [5.41, 5.74) is 4.78. The maximum atomic E-state index is 11.1. The van der Waals surface area contributed by atoms with E-state index in [-0.39, 0.29) is 0 Å². The molecule has 0 aliphatic carbocycles. The number of carboxylic acids is 1. The molecular weight excluding hydrogens is 190 g/mol. The molecule has 0 saturated heterocycles. The smallest absolute Gasteiger partial charge is 0.325 e. The van der Waals surface area contributed by atoms with Gasteiger partial charge in [0.2, 0.25) is 5.91 Å². The minimum absolute atomic E-state index is 0.598. The Morgan fingerprint density at radius 2 is 1.64 bits per heavy atom. The molecule has 3 amide bonds. The first kappa shape index (κ1) is 12.2. The number of carboxylic acid groups (broad SMARTS) is 1. The van der Waals surface area contributed by atoms with E-state index in [2.05, 4.69) is 10.6 Å². The van der Waals surface area contributed by atoms with Crippen LogP contribution in [0.15, 0.2) is 0 Å². The minimum Gasteiger partial charge on any atom is -0.480 e. The third kappa shape index (κ3) is 4.29. The van der Waals surface area contributed by atoms with Gasteiger partial charge in [-0.1, -0.05) is 0 Å². The first-order valence-corrected chi connectivity index (χ1v) is 3.93. The number of nitrogens with one attached hydrogen (secondary N) is 2. The van der Waals surface area contributed by atoms with E-state index in [1.807, 2.05) is 0 Å². The molecule has 0 bridgehead atoms. The lowest BCUT2D eigenvalue weighted by Crippen LogP contribution is -2.50. The van der Waals surface area contributed by atoms with Crippen molar-refractivity contribution in [3.8, 4) is 0 Å². The number of primary amides is 1. The van der Waals surface area contributed by atoms with Crippen LogP contribution in [0.4, 0.5) is 4.79 Å². The van der Waals surface area contributed by atoms with Gasteiger partial charge in [0.1, 0.15) is 12.1 Å². The van der Waals surface area contributed by atoms with Crippen molar-refractivity contribution in [1.29, 1.82) is 0 Å². The molecule has 0 spiro atoms. The van der Waals surface area contributed by atoms with E-state index >= 15 is 0 Å². The molecular formula is C7H13N3O4. The Hall–Kier alpha value is -1.79. The lowest BCUT2D eigenvalue weighted by molar-refractivity contribution is -0.141. The van der Waals surface area contributed by atoms with Crippen LogP contribution < -0.4 is 16.4 Å². The van der Waals surface area contributed by atoms with E-state index < -0.39 is 30.0 Å². The van der Waals surface area contributed by atoms with Gasteiger partial charge in [0.15, 0.2) is 0 Å². The Morgan fingerprint density at radius 1 is 1.14 bits per heavy atom. The lowest BCUT2D eigenvalue weighted by Gasteiger charge is -2.14. The molecule has 0 aliphatic rings. The molecule has 0 aromatic heterocycles. The summed E-state index contributed by atoms with van der Waals surface area (Å²) in [5, 5.41) is 12.8. The second-order valence-corrected chi connectivity index (χ2v) is 2.80. The highest BCUT2D eigenvalue weighted by molar-refractivity contribution is 5.89. The zero-order valence-electron chi connectivity index (χ0n) is 7.90. The van der Waals surface area contributed by atoms with Crippen molar-refractivity contribution in [2.24, 2.45) is 5.73 Å². The summed E-state index contributed by atoms with van der Waals surface area (Å²) in [5.74, 6) is -1.75. The van der Waals surface area contributed by atoms with Crippen LogP contribution in [-0.2, 0) is 9.59 Å². The number of aliphatic carboxylic acids is 1. The van der Waals surface area contributed by atoms with Crippen LogP contribution in [0.25, 0.3) is 0 Å². The van der Waals surface area contributed by atoms with E-state index in [4.69, 9.17) is 10.8 Å². The molecule has 0 aliphatic heterocycles. The molecule has 0 saturated carbocycles. The van der Waals surface area contributed by atoms with Crippen LogP contribution in [0.2, 0.25) is 0 Å². The van der Waals surface area contributed by atoms with E-state index in [1.165, 1.54) is 13.8 Å². The summed E-state index contributed by atoms with van der Waals surface area (Å²) in [4.78, 5) is 31.9. The Kier molecular flexibility index (Phi) is 4.41. The maximum absolute atomic E-state index is 11.1. The second kappa shape index (κ2) is 5.05. The number of rotatable bonds is 4. The van der Waals surface area contributed by atoms with Crippen molar-refractivity contribution in [3.05, 3.63) is 0 Å². The lowest BCUT2D eigenvalue weighted by atomic mass is 10.2. The zero-order valence-corrected chi connectivity index (χ0v) is 7.90. The Morgan fingerprint density at radius 3 is 2.00 bits per heavy atom. The molecule has 2 unspecified atom stereocenters. The van der Waals surface area contributed by atoms with Crippen LogP contribution in [0, 0.1) is 0 Å². The first-order chi connectivity index (χ1) is 6.34. The highest BCUT2D eigenvalue weighted by Gasteiger charge is 2.19. The standard InChI is InChI=1S/C7H13N3O4/c1-3(10-7(8)14)5(11)9-4(2)6(12)13/h3-4H,1-2H3,(H,9,11)(H,12,13)(H3,8,10,14). The van der Waals surface area contributed by atoms with E-state index in [0.717, 1.165) is 0 Å². The summed E-state index contributed by atoms with van der Waals surface area (Å²) >= 11 is 0. The van der Waals surface area contributed by atoms with E-state index in [9.17, 15) is 14.4 Å². The number of carbonyl (C=O) groups is 3. The molecule has 0 fully saturated rings. The molecule has 0 aromatic rings. The summed E-state index contributed by atoms with van der Waals surface area (Å²) in [6, 6.07) is -2.69. The van der Waals surface area contributed by atoms with Gasteiger partial charge in [-0.05, 0) is 13.8 Å². The largest absolute Gasteiger partial charge is 0.480 e. The highest BCUT2D eigenvalue weighted by Crippen LogP contribution is 1.86. The summed E-state index contributed by atoms with van der Waals surface area (Å²) < 4.78 is 0. The highest BCUT2D eigenvalue weighted by atomic mass is 16.4. The van der Waals surface area contributed by atoms with Gasteiger partial charge in [-0.2, -0.15) is 0 Å². The van der Waals surface area contributed by atoms with Crippen molar-refractivity contribution in [2.45, 2.75) is 25.9 Å². The van der Waals surface area contributed by atoms with Gasteiger partial charge in [-0.25, -0.2) is 4.79 Å². The van der Waals surface area contributed by atoms with Gasteiger partial charge in [0, 0.05) is 0 Å². The van der Waals surface area contributed by atoms with Gasteiger partial charge >= 0.3 is 12.0 Å². The van der Waals surface area contributed by atoms with Crippen molar-refractivity contribution in [2.75, 3.05) is 0 Å². The molecule has 80 valence electrons. The summed E-state index contributed by atoms with van der Waals surface area (Å²) in [7, 11) is 0. The molecule has 14 heavy (non-hydrogen) atoms. The molecule has 0 heterocycles. The van der Waals surface area contributed by atoms with Crippen LogP contribution in [-0.4, -0.2) is 35.1 Å². The number of urea groups is 1. The van der Waals surface area contributed by atoms with Crippen LogP contribution in [0.1, 0.15) is 13.8 Å². The van der Waals surface area contributed by atoms with Gasteiger partial charge in [-0.15, -0.1) is 0 Å². The average molecular weight is 203 g/mol. The molecule has 0 aromatic carbocycles. The SMILES string of the molecule is CC(NC(=O)C(C)NC(N)=O)C(=O)O. The average Bonchev–Trinajstić information content (AvgIpc) is 2.02. The number of hydrogen-bond donors (Lipinski definition) is 4. The Balaban J connectivity index is 4.07. The fraction of sp³-hybridized carbons (Fsp3) is 0.571. The van der Waals surface area contributed by atoms with Crippen LogP contribution >= 0.6 is 0 Å². The fourth-order valence-corrected chi connectivity index (χ4v) is 0.679. The predicted octanol–water partition coefficient (Wildman–Crippen LogP) is -1.37. The summed E-state index contributed by atoms with van der Waals surface area (Å²) in [6.07, 6.45) is 0. The van der Waals surface area contributed by atoms with Crippen molar-refractivity contribution in [3.63, 3.8) is 0 Å².